The second kappa shape index (κ2) is 5.05. The zero-order valence-corrected chi connectivity index (χ0v) is 10.5. The number of anilines is 1. The van der Waals surface area contributed by atoms with Gasteiger partial charge in [0.25, 0.3) is 0 Å². The lowest BCUT2D eigenvalue weighted by molar-refractivity contribution is -0.118. The molecule has 0 aliphatic rings. The predicted octanol–water partition coefficient (Wildman–Crippen LogP) is 2.80. The SMILES string of the molecule is CC(C)C(=O)Nc1nc(-c2ccncc2)cs1. The largest absolute Gasteiger partial charge is 0.302 e. The second-order valence-electron chi connectivity index (χ2n) is 3.92. The molecule has 0 aromatic carbocycles. The Balaban J connectivity index is 2.14. The Morgan fingerprint density at radius 2 is 2.06 bits per heavy atom. The lowest BCUT2D eigenvalue weighted by atomic mass is 10.2. The molecule has 0 spiro atoms. The molecule has 2 aromatic heterocycles. The van der Waals surface area contributed by atoms with E-state index in [9.17, 15) is 4.79 Å². The Morgan fingerprint density at radius 1 is 1.35 bits per heavy atom. The summed E-state index contributed by atoms with van der Waals surface area (Å²) in [7, 11) is 0. The first-order valence-corrected chi connectivity index (χ1v) is 6.21. The summed E-state index contributed by atoms with van der Waals surface area (Å²) < 4.78 is 0. The summed E-state index contributed by atoms with van der Waals surface area (Å²) in [5.41, 5.74) is 1.86. The minimum atomic E-state index is -0.0386. The van der Waals surface area contributed by atoms with Crippen LogP contribution in [-0.2, 0) is 4.79 Å². The minimum absolute atomic E-state index is 0.0133. The Kier molecular flexibility index (Phi) is 3.49. The molecule has 0 saturated carbocycles. The lowest BCUT2D eigenvalue weighted by Gasteiger charge is -2.03. The topological polar surface area (TPSA) is 54.9 Å². The predicted molar refractivity (Wildman–Crippen MR) is 68.8 cm³/mol. The van der Waals surface area contributed by atoms with Gasteiger partial charge in [0.05, 0.1) is 5.69 Å². The van der Waals surface area contributed by atoms with Gasteiger partial charge in [0.15, 0.2) is 5.13 Å². The quantitative estimate of drug-likeness (QED) is 0.907. The molecule has 17 heavy (non-hydrogen) atoms. The molecule has 0 aliphatic carbocycles. The number of carbonyl (C=O) groups excluding carboxylic acids is 1. The number of nitrogens with zero attached hydrogens (tertiary/aromatic N) is 2. The summed E-state index contributed by atoms with van der Waals surface area (Å²) >= 11 is 1.43. The summed E-state index contributed by atoms with van der Waals surface area (Å²) in [4.78, 5) is 19.8. The Morgan fingerprint density at radius 3 is 2.71 bits per heavy atom. The fourth-order valence-electron chi connectivity index (χ4n) is 1.24. The molecule has 4 nitrogen and oxygen atoms in total. The van der Waals surface area contributed by atoms with Gasteiger partial charge in [-0.1, -0.05) is 13.8 Å². The molecular formula is C12H13N3OS. The number of rotatable bonds is 3. The lowest BCUT2D eigenvalue weighted by Crippen LogP contribution is -2.17. The van der Waals surface area contributed by atoms with Crippen molar-refractivity contribution in [3.8, 4) is 11.3 Å². The van der Waals surface area contributed by atoms with Gasteiger partial charge in [-0.15, -0.1) is 11.3 Å². The highest BCUT2D eigenvalue weighted by Crippen LogP contribution is 2.24. The monoisotopic (exact) mass is 247 g/mol. The Labute approximate surface area is 104 Å². The molecule has 0 saturated heterocycles. The average molecular weight is 247 g/mol. The van der Waals surface area contributed by atoms with Crippen molar-refractivity contribution in [2.75, 3.05) is 5.32 Å². The van der Waals surface area contributed by atoms with Crippen LogP contribution in [0.5, 0.6) is 0 Å². The molecule has 1 N–H and O–H groups in total. The first-order valence-electron chi connectivity index (χ1n) is 5.33. The molecule has 88 valence electrons. The number of amides is 1. The van der Waals surface area contributed by atoms with Crippen molar-refractivity contribution in [2.24, 2.45) is 5.92 Å². The van der Waals surface area contributed by atoms with Crippen molar-refractivity contribution in [1.82, 2.24) is 9.97 Å². The van der Waals surface area contributed by atoms with E-state index < -0.39 is 0 Å². The van der Waals surface area contributed by atoms with Crippen molar-refractivity contribution < 1.29 is 4.79 Å². The molecule has 0 bridgehead atoms. The van der Waals surface area contributed by atoms with Gasteiger partial charge in [0.1, 0.15) is 0 Å². The first-order chi connectivity index (χ1) is 8.16. The molecule has 0 fully saturated rings. The normalized spacial score (nSPS) is 10.5. The molecule has 5 heteroatoms. The highest BCUT2D eigenvalue weighted by atomic mass is 32.1. The molecule has 0 radical (unpaired) electrons. The summed E-state index contributed by atoms with van der Waals surface area (Å²) in [6.45, 7) is 3.71. The number of thiazole rings is 1. The van der Waals surface area contributed by atoms with Crippen LogP contribution in [0.3, 0.4) is 0 Å². The summed E-state index contributed by atoms with van der Waals surface area (Å²) in [6.07, 6.45) is 3.45. The summed E-state index contributed by atoms with van der Waals surface area (Å²) in [5.74, 6) is -0.0519. The van der Waals surface area contributed by atoms with Crippen LogP contribution in [0.1, 0.15) is 13.8 Å². The van der Waals surface area contributed by atoms with Crippen molar-refractivity contribution in [1.29, 1.82) is 0 Å². The van der Waals surface area contributed by atoms with E-state index in [4.69, 9.17) is 0 Å². The number of hydrogen-bond acceptors (Lipinski definition) is 4. The molecular weight excluding hydrogens is 234 g/mol. The van der Waals surface area contributed by atoms with Crippen LogP contribution in [0.4, 0.5) is 5.13 Å². The maximum absolute atomic E-state index is 11.5. The average Bonchev–Trinajstić information content (AvgIpc) is 2.78. The third-order valence-electron chi connectivity index (χ3n) is 2.23. The number of carbonyl (C=O) groups is 1. The molecule has 2 rings (SSSR count). The number of nitrogens with one attached hydrogen (secondary N) is 1. The van der Waals surface area contributed by atoms with Gasteiger partial charge < -0.3 is 5.32 Å². The first kappa shape index (κ1) is 11.7. The van der Waals surface area contributed by atoms with E-state index >= 15 is 0 Å². The third-order valence-corrected chi connectivity index (χ3v) is 2.99. The zero-order valence-electron chi connectivity index (χ0n) is 9.68. The Hall–Kier alpha value is -1.75. The maximum atomic E-state index is 11.5. The van der Waals surface area contributed by atoms with Gasteiger partial charge in [-0.3, -0.25) is 9.78 Å². The minimum Gasteiger partial charge on any atom is -0.302 e. The fraction of sp³-hybridized carbons (Fsp3) is 0.250. The van der Waals surface area contributed by atoms with E-state index in [1.54, 1.807) is 12.4 Å². The smallest absolute Gasteiger partial charge is 0.228 e. The standard InChI is InChI=1S/C12H13N3OS/c1-8(2)11(16)15-12-14-10(7-17-12)9-3-5-13-6-4-9/h3-8H,1-2H3,(H,14,15,16). The van der Waals surface area contributed by atoms with Crippen molar-refractivity contribution in [3.63, 3.8) is 0 Å². The van der Waals surface area contributed by atoms with Crippen LogP contribution in [0.15, 0.2) is 29.9 Å². The molecule has 2 aromatic rings. The molecule has 0 unspecified atom stereocenters. The van der Waals surface area contributed by atoms with Gasteiger partial charge in [-0.2, -0.15) is 0 Å². The van der Waals surface area contributed by atoms with Crippen LogP contribution < -0.4 is 5.32 Å². The molecule has 0 atom stereocenters. The van der Waals surface area contributed by atoms with Crippen molar-refractivity contribution in [3.05, 3.63) is 29.9 Å². The van der Waals surface area contributed by atoms with E-state index in [0.717, 1.165) is 11.3 Å². The molecule has 0 aliphatic heterocycles. The highest BCUT2D eigenvalue weighted by Gasteiger charge is 2.10. The summed E-state index contributed by atoms with van der Waals surface area (Å²) in [6, 6.07) is 3.78. The van der Waals surface area contributed by atoms with E-state index in [-0.39, 0.29) is 11.8 Å². The van der Waals surface area contributed by atoms with Crippen molar-refractivity contribution >= 4 is 22.4 Å². The van der Waals surface area contributed by atoms with Gasteiger partial charge in [-0.25, -0.2) is 4.98 Å². The van der Waals surface area contributed by atoms with Crippen LogP contribution in [0.2, 0.25) is 0 Å². The molecule has 2 heterocycles. The van der Waals surface area contributed by atoms with Crippen LogP contribution in [-0.4, -0.2) is 15.9 Å². The highest BCUT2D eigenvalue weighted by molar-refractivity contribution is 7.14. The van der Waals surface area contributed by atoms with Crippen molar-refractivity contribution in [2.45, 2.75) is 13.8 Å². The fourth-order valence-corrected chi connectivity index (χ4v) is 1.96. The number of hydrogen-bond donors (Lipinski definition) is 1. The molecule has 1 amide bonds. The van der Waals surface area contributed by atoms with E-state index in [0.29, 0.717) is 5.13 Å². The van der Waals surface area contributed by atoms with E-state index in [1.165, 1.54) is 11.3 Å². The van der Waals surface area contributed by atoms with Crippen LogP contribution in [0.25, 0.3) is 11.3 Å². The van der Waals surface area contributed by atoms with Gasteiger partial charge in [-0.05, 0) is 12.1 Å². The number of aromatic nitrogens is 2. The number of pyridine rings is 1. The second-order valence-corrected chi connectivity index (χ2v) is 4.78. The Bertz CT molecular complexity index is 507. The summed E-state index contributed by atoms with van der Waals surface area (Å²) in [5, 5.41) is 5.34. The van der Waals surface area contributed by atoms with Gasteiger partial charge in [0, 0.05) is 29.3 Å². The van der Waals surface area contributed by atoms with Crippen LogP contribution in [0, 0.1) is 5.92 Å². The van der Waals surface area contributed by atoms with E-state index in [2.05, 4.69) is 15.3 Å². The van der Waals surface area contributed by atoms with Gasteiger partial charge >= 0.3 is 0 Å². The van der Waals surface area contributed by atoms with E-state index in [1.807, 2.05) is 31.4 Å². The zero-order chi connectivity index (χ0) is 12.3. The third kappa shape index (κ3) is 2.88. The van der Waals surface area contributed by atoms with Crippen LogP contribution >= 0.6 is 11.3 Å². The maximum Gasteiger partial charge on any atom is 0.228 e. The van der Waals surface area contributed by atoms with Gasteiger partial charge in [0.2, 0.25) is 5.91 Å².